The summed E-state index contributed by atoms with van der Waals surface area (Å²) in [6.45, 7) is 2.74. The van der Waals surface area contributed by atoms with Crippen LogP contribution in [0, 0.1) is 29.6 Å². The van der Waals surface area contributed by atoms with Gasteiger partial charge in [-0.05, 0) is 81.6 Å². The number of hydrogen-bond acceptors (Lipinski definition) is 4. The maximum atomic E-state index is 13.1. The average molecular weight is 406 g/mol. The van der Waals surface area contributed by atoms with Gasteiger partial charge in [0.1, 0.15) is 0 Å². The molecule has 29 heavy (non-hydrogen) atoms. The van der Waals surface area contributed by atoms with E-state index in [2.05, 4.69) is 11.4 Å². The molecule has 1 heterocycles. The first-order valence-corrected chi connectivity index (χ1v) is 12.1. The lowest BCUT2D eigenvalue weighted by Gasteiger charge is -2.41. The van der Waals surface area contributed by atoms with Crippen molar-refractivity contribution >= 4 is 5.91 Å². The Morgan fingerprint density at radius 1 is 1.17 bits per heavy atom. The van der Waals surface area contributed by atoms with Crippen molar-refractivity contribution in [3.8, 4) is 0 Å². The molecule has 2 bridgehead atoms. The summed E-state index contributed by atoms with van der Waals surface area (Å²) in [5.41, 5.74) is 0. The van der Waals surface area contributed by atoms with Crippen LogP contribution in [0.15, 0.2) is 11.8 Å². The molecular weight excluding hydrogens is 366 g/mol. The van der Waals surface area contributed by atoms with Crippen LogP contribution in [-0.2, 0) is 14.3 Å². The molecule has 0 aromatic carbocycles. The summed E-state index contributed by atoms with van der Waals surface area (Å²) in [6.07, 6.45) is 14.7. The van der Waals surface area contributed by atoms with Crippen molar-refractivity contribution in [1.29, 1.82) is 0 Å². The molecule has 3 fully saturated rings. The van der Waals surface area contributed by atoms with E-state index in [0.29, 0.717) is 36.2 Å². The predicted molar refractivity (Wildman–Crippen MR) is 112 cm³/mol. The SMILES string of the molecule is CCO[C@H]1OC(C(=O)NC2CC3CCC2C3)=C[C@@H](C2CCCCC2)[C@H]1CCCO. The first kappa shape index (κ1) is 21.2. The minimum Gasteiger partial charge on any atom is -0.459 e. The molecular formula is C24H39NO4. The minimum atomic E-state index is -0.385. The number of aliphatic hydroxyl groups excluding tert-OH is 1. The van der Waals surface area contributed by atoms with Gasteiger partial charge < -0.3 is 19.9 Å². The molecule has 5 nitrogen and oxygen atoms in total. The summed E-state index contributed by atoms with van der Waals surface area (Å²) in [5, 5.41) is 12.7. The van der Waals surface area contributed by atoms with Gasteiger partial charge in [0.05, 0.1) is 0 Å². The summed E-state index contributed by atoms with van der Waals surface area (Å²) in [4.78, 5) is 13.1. The lowest BCUT2D eigenvalue weighted by atomic mass is 9.71. The van der Waals surface area contributed by atoms with Crippen molar-refractivity contribution in [2.75, 3.05) is 13.2 Å². The number of fused-ring (bicyclic) bond motifs is 2. The van der Waals surface area contributed by atoms with E-state index in [1.54, 1.807) is 0 Å². The van der Waals surface area contributed by atoms with Crippen LogP contribution in [0.2, 0.25) is 0 Å². The topological polar surface area (TPSA) is 67.8 Å². The molecule has 1 aliphatic heterocycles. The standard InChI is InChI=1S/C24H39NO4/c1-2-28-24-19(9-6-12-26)20(17-7-4-3-5-8-17)15-22(29-24)23(27)25-21-14-16-10-11-18(21)13-16/h15-21,24,26H,2-14H2,1H3,(H,25,27)/t16?,18?,19-,20+,21?,24+/m1/s1. The second-order valence-electron chi connectivity index (χ2n) is 9.73. The highest BCUT2D eigenvalue weighted by Gasteiger charge is 2.43. The van der Waals surface area contributed by atoms with Gasteiger partial charge in [0.15, 0.2) is 5.76 Å². The number of amides is 1. The van der Waals surface area contributed by atoms with Gasteiger partial charge in [-0.15, -0.1) is 0 Å². The minimum absolute atomic E-state index is 0.0475. The van der Waals surface area contributed by atoms with E-state index in [4.69, 9.17) is 9.47 Å². The van der Waals surface area contributed by atoms with Crippen LogP contribution in [0.25, 0.3) is 0 Å². The van der Waals surface area contributed by atoms with E-state index in [-0.39, 0.29) is 24.7 Å². The Morgan fingerprint density at radius 2 is 2.00 bits per heavy atom. The fourth-order valence-electron chi connectivity index (χ4n) is 6.50. The third-order valence-corrected chi connectivity index (χ3v) is 7.93. The fourth-order valence-corrected chi connectivity index (χ4v) is 6.50. The smallest absolute Gasteiger partial charge is 0.286 e. The summed E-state index contributed by atoms with van der Waals surface area (Å²) in [5.74, 6) is 2.99. The highest BCUT2D eigenvalue weighted by atomic mass is 16.7. The van der Waals surface area contributed by atoms with Crippen LogP contribution in [0.4, 0.5) is 0 Å². The van der Waals surface area contributed by atoms with Crippen molar-refractivity contribution in [1.82, 2.24) is 5.32 Å². The van der Waals surface area contributed by atoms with Crippen molar-refractivity contribution in [3.63, 3.8) is 0 Å². The molecule has 6 atom stereocenters. The van der Waals surface area contributed by atoms with Crippen molar-refractivity contribution < 1.29 is 19.4 Å². The van der Waals surface area contributed by atoms with Crippen molar-refractivity contribution in [2.24, 2.45) is 29.6 Å². The summed E-state index contributed by atoms with van der Waals surface area (Å²) in [6, 6.07) is 0.316. The lowest BCUT2D eigenvalue weighted by Crippen LogP contribution is -2.45. The third kappa shape index (κ3) is 4.82. The van der Waals surface area contributed by atoms with Crippen LogP contribution in [-0.4, -0.2) is 36.6 Å². The zero-order valence-corrected chi connectivity index (χ0v) is 18.0. The summed E-state index contributed by atoms with van der Waals surface area (Å²) >= 11 is 0. The number of aliphatic hydroxyl groups is 1. The molecule has 0 radical (unpaired) electrons. The Morgan fingerprint density at radius 3 is 2.66 bits per heavy atom. The van der Waals surface area contributed by atoms with Crippen LogP contribution >= 0.6 is 0 Å². The molecule has 3 unspecified atom stereocenters. The number of nitrogens with one attached hydrogen (secondary N) is 1. The molecule has 0 saturated heterocycles. The van der Waals surface area contributed by atoms with E-state index in [0.717, 1.165) is 25.2 Å². The Balaban J connectivity index is 1.51. The van der Waals surface area contributed by atoms with Gasteiger partial charge in [-0.25, -0.2) is 0 Å². The molecule has 3 aliphatic carbocycles. The number of ether oxygens (including phenoxy) is 2. The van der Waals surface area contributed by atoms with Crippen LogP contribution in [0.1, 0.15) is 77.6 Å². The highest BCUT2D eigenvalue weighted by Crippen LogP contribution is 2.45. The van der Waals surface area contributed by atoms with Gasteiger partial charge in [-0.3, -0.25) is 4.79 Å². The first-order chi connectivity index (χ1) is 14.2. The zero-order chi connectivity index (χ0) is 20.2. The van der Waals surface area contributed by atoms with E-state index >= 15 is 0 Å². The first-order valence-electron chi connectivity index (χ1n) is 12.1. The summed E-state index contributed by atoms with van der Waals surface area (Å²) < 4.78 is 12.1. The molecule has 164 valence electrons. The molecule has 1 amide bonds. The number of allylic oxidation sites excluding steroid dienone is 1. The van der Waals surface area contributed by atoms with E-state index in [9.17, 15) is 9.90 Å². The monoisotopic (exact) mass is 405 g/mol. The Bertz CT molecular complexity index is 585. The molecule has 5 heteroatoms. The molecule has 4 rings (SSSR count). The molecule has 0 aromatic rings. The summed E-state index contributed by atoms with van der Waals surface area (Å²) in [7, 11) is 0. The molecule has 0 spiro atoms. The number of hydrogen-bond donors (Lipinski definition) is 2. The highest BCUT2D eigenvalue weighted by molar-refractivity contribution is 5.91. The lowest BCUT2D eigenvalue weighted by molar-refractivity contribution is -0.177. The largest absolute Gasteiger partial charge is 0.459 e. The second-order valence-corrected chi connectivity index (χ2v) is 9.73. The van der Waals surface area contributed by atoms with Gasteiger partial charge >= 0.3 is 0 Å². The van der Waals surface area contributed by atoms with Crippen molar-refractivity contribution in [2.45, 2.75) is 89.9 Å². The van der Waals surface area contributed by atoms with E-state index in [1.807, 2.05) is 6.92 Å². The van der Waals surface area contributed by atoms with Crippen LogP contribution in [0.3, 0.4) is 0 Å². The molecule has 2 N–H and O–H groups in total. The average Bonchev–Trinajstić information content (AvgIpc) is 3.36. The molecule has 4 aliphatic rings. The van der Waals surface area contributed by atoms with Gasteiger partial charge in [-0.2, -0.15) is 0 Å². The number of carbonyl (C=O) groups is 1. The van der Waals surface area contributed by atoms with Crippen LogP contribution < -0.4 is 5.32 Å². The van der Waals surface area contributed by atoms with Gasteiger partial charge in [-0.1, -0.05) is 25.7 Å². The normalized spacial score (nSPS) is 37.2. The third-order valence-electron chi connectivity index (χ3n) is 7.93. The second kappa shape index (κ2) is 9.82. The molecule has 0 aromatic heterocycles. The number of rotatable bonds is 8. The van der Waals surface area contributed by atoms with Crippen molar-refractivity contribution in [3.05, 3.63) is 11.8 Å². The maximum absolute atomic E-state index is 13.1. The maximum Gasteiger partial charge on any atom is 0.286 e. The zero-order valence-electron chi connectivity index (χ0n) is 18.0. The van der Waals surface area contributed by atoms with E-state index < -0.39 is 0 Å². The quantitative estimate of drug-likeness (QED) is 0.636. The van der Waals surface area contributed by atoms with Gasteiger partial charge in [0.2, 0.25) is 6.29 Å². The van der Waals surface area contributed by atoms with Crippen LogP contribution in [0.5, 0.6) is 0 Å². The Labute approximate surface area is 175 Å². The van der Waals surface area contributed by atoms with Gasteiger partial charge in [0.25, 0.3) is 5.91 Å². The Hall–Kier alpha value is -1.07. The van der Waals surface area contributed by atoms with E-state index in [1.165, 1.54) is 51.4 Å². The molecule has 3 saturated carbocycles. The fraction of sp³-hybridized carbons (Fsp3) is 0.875. The number of carbonyl (C=O) groups excluding carboxylic acids is 1. The Kier molecular flexibility index (Phi) is 7.17. The predicted octanol–water partition coefficient (Wildman–Crippen LogP) is 4.15. The van der Waals surface area contributed by atoms with Gasteiger partial charge in [0, 0.05) is 25.2 Å².